The predicted octanol–water partition coefficient (Wildman–Crippen LogP) is 2.06. The summed E-state index contributed by atoms with van der Waals surface area (Å²) in [5, 5.41) is 12.0. The zero-order valence-corrected chi connectivity index (χ0v) is 14.2. The van der Waals surface area contributed by atoms with E-state index in [4.69, 9.17) is 4.74 Å². The number of rotatable bonds is 3. The Morgan fingerprint density at radius 2 is 1.96 bits per heavy atom. The summed E-state index contributed by atoms with van der Waals surface area (Å²) in [6.45, 7) is 7.61. The third-order valence-corrected chi connectivity index (χ3v) is 4.23. The van der Waals surface area contributed by atoms with Crippen molar-refractivity contribution in [2.75, 3.05) is 6.54 Å². The Kier molecular flexibility index (Phi) is 4.68. The fourth-order valence-electron chi connectivity index (χ4n) is 3.05. The number of carbonyl (C=O) groups is 2. The van der Waals surface area contributed by atoms with Crippen LogP contribution < -0.4 is 5.11 Å². The summed E-state index contributed by atoms with van der Waals surface area (Å²) in [5.41, 5.74) is -0.0922. The van der Waals surface area contributed by atoms with Crippen LogP contribution in [0.15, 0.2) is 24.3 Å². The zero-order valence-electron chi connectivity index (χ0n) is 14.2. The van der Waals surface area contributed by atoms with Crippen LogP contribution in [0, 0.1) is 6.92 Å². The van der Waals surface area contributed by atoms with Crippen LogP contribution in [0.1, 0.15) is 44.7 Å². The van der Waals surface area contributed by atoms with Crippen molar-refractivity contribution >= 4 is 12.1 Å². The normalized spacial score (nSPS) is 21.3. The molecule has 0 aliphatic carbocycles. The summed E-state index contributed by atoms with van der Waals surface area (Å²) in [4.78, 5) is 25.8. The van der Waals surface area contributed by atoms with Gasteiger partial charge in [-0.05, 0) is 51.7 Å². The number of likely N-dealkylation sites (tertiary alicyclic amines) is 1. The average molecular weight is 318 g/mol. The maximum absolute atomic E-state index is 12.5. The molecule has 23 heavy (non-hydrogen) atoms. The molecule has 2 rings (SSSR count). The second kappa shape index (κ2) is 6.22. The van der Waals surface area contributed by atoms with Gasteiger partial charge in [0.25, 0.3) is 0 Å². The van der Waals surface area contributed by atoms with Gasteiger partial charge in [0.15, 0.2) is 0 Å². The van der Waals surface area contributed by atoms with Crippen molar-refractivity contribution in [1.82, 2.24) is 4.90 Å². The van der Waals surface area contributed by atoms with Gasteiger partial charge in [-0.3, -0.25) is 4.90 Å². The summed E-state index contributed by atoms with van der Waals surface area (Å²) in [6, 6.07) is 7.61. The Labute approximate surface area is 137 Å². The van der Waals surface area contributed by atoms with Crippen molar-refractivity contribution in [1.29, 1.82) is 0 Å². The van der Waals surface area contributed by atoms with E-state index in [0.29, 0.717) is 19.4 Å². The van der Waals surface area contributed by atoms with E-state index in [1.165, 1.54) is 4.90 Å². The van der Waals surface area contributed by atoms with Gasteiger partial charge in [-0.25, -0.2) is 4.79 Å². The molecule has 1 heterocycles. The fraction of sp³-hybridized carbons (Fsp3) is 0.556. The molecular formula is C18H24NO4-. The molecule has 0 radical (unpaired) electrons. The molecule has 1 aromatic carbocycles. The third kappa shape index (κ3) is 3.66. The molecule has 5 heteroatoms. The number of carbonyl (C=O) groups excluding carboxylic acids is 2. The van der Waals surface area contributed by atoms with Crippen molar-refractivity contribution in [3.63, 3.8) is 0 Å². The maximum atomic E-state index is 12.5. The Morgan fingerprint density at radius 1 is 1.30 bits per heavy atom. The molecule has 0 N–H and O–H groups in total. The van der Waals surface area contributed by atoms with Gasteiger partial charge in [0.1, 0.15) is 5.60 Å². The SMILES string of the molecule is Cc1ccccc1C[C@@]1(C(=O)[O-])CCCN1C(=O)OC(C)(C)C. The number of aliphatic carboxylic acids is 1. The average Bonchev–Trinajstić information content (AvgIpc) is 2.84. The van der Waals surface area contributed by atoms with Crippen molar-refractivity contribution in [3.05, 3.63) is 35.4 Å². The number of nitrogens with zero attached hydrogens (tertiary/aromatic N) is 1. The smallest absolute Gasteiger partial charge is 0.411 e. The first kappa shape index (κ1) is 17.3. The van der Waals surface area contributed by atoms with Gasteiger partial charge in [0, 0.05) is 13.0 Å². The first-order chi connectivity index (χ1) is 10.7. The highest BCUT2D eigenvalue weighted by Crippen LogP contribution is 2.34. The molecule has 0 saturated carbocycles. The molecule has 1 aliphatic heterocycles. The lowest BCUT2D eigenvalue weighted by Gasteiger charge is -2.40. The van der Waals surface area contributed by atoms with Crippen LogP contribution in [-0.2, 0) is 16.0 Å². The first-order valence-corrected chi connectivity index (χ1v) is 7.92. The molecule has 1 fully saturated rings. The summed E-state index contributed by atoms with van der Waals surface area (Å²) < 4.78 is 5.39. The molecule has 1 saturated heterocycles. The molecule has 1 aliphatic rings. The van der Waals surface area contributed by atoms with E-state index in [1.54, 1.807) is 20.8 Å². The van der Waals surface area contributed by atoms with E-state index >= 15 is 0 Å². The predicted molar refractivity (Wildman–Crippen MR) is 84.8 cm³/mol. The molecular weight excluding hydrogens is 294 g/mol. The van der Waals surface area contributed by atoms with Crippen LogP contribution in [0.25, 0.3) is 0 Å². The van der Waals surface area contributed by atoms with Crippen molar-refractivity contribution in [3.8, 4) is 0 Å². The maximum Gasteiger partial charge on any atom is 0.411 e. The first-order valence-electron chi connectivity index (χ1n) is 7.92. The van der Waals surface area contributed by atoms with E-state index in [2.05, 4.69) is 0 Å². The van der Waals surface area contributed by atoms with E-state index in [1.807, 2.05) is 31.2 Å². The Hall–Kier alpha value is -2.04. The Balaban J connectivity index is 2.33. The molecule has 0 spiro atoms. The quantitative estimate of drug-likeness (QED) is 0.855. The molecule has 1 atom stereocenters. The number of aryl methyl sites for hydroxylation is 1. The molecule has 0 aromatic heterocycles. The van der Waals surface area contributed by atoms with Gasteiger partial charge in [-0.1, -0.05) is 24.3 Å². The number of carboxylic acid groups (broad SMARTS) is 1. The molecule has 0 bridgehead atoms. The molecule has 1 aromatic rings. The standard InChI is InChI=1S/C18H25NO4/c1-13-8-5-6-9-14(13)12-18(15(20)21)10-7-11-19(18)16(22)23-17(2,3)4/h5-6,8-9H,7,10-12H2,1-4H3,(H,20,21)/p-1/t18-/m1/s1. The van der Waals surface area contributed by atoms with Crippen molar-refractivity contribution < 1.29 is 19.4 Å². The van der Waals surface area contributed by atoms with E-state index < -0.39 is 23.2 Å². The number of amides is 1. The van der Waals surface area contributed by atoms with Gasteiger partial charge in [0.05, 0.1) is 11.5 Å². The number of benzene rings is 1. The van der Waals surface area contributed by atoms with E-state index in [9.17, 15) is 14.7 Å². The molecule has 5 nitrogen and oxygen atoms in total. The molecule has 1 amide bonds. The van der Waals surface area contributed by atoms with Gasteiger partial charge < -0.3 is 14.6 Å². The van der Waals surface area contributed by atoms with Crippen LogP contribution in [0.4, 0.5) is 4.79 Å². The van der Waals surface area contributed by atoms with Gasteiger partial charge in [-0.15, -0.1) is 0 Å². The molecule has 0 unspecified atom stereocenters. The minimum Gasteiger partial charge on any atom is -0.548 e. The van der Waals surface area contributed by atoms with Crippen LogP contribution >= 0.6 is 0 Å². The van der Waals surface area contributed by atoms with Crippen LogP contribution in [0.3, 0.4) is 0 Å². The summed E-state index contributed by atoms with van der Waals surface area (Å²) in [7, 11) is 0. The number of hydrogen-bond donors (Lipinski definition) is 0. The minimum atomic E-state index is -1.34. The second-order valence-corrected chi connectivity index (χ2v) is 7.16. The van der Waals surface area contributed by atoms with Crippen LogP contribution in [0.2, 0.25) is 0 Å². The minimum absolute atomic E-state index is 0.237. The molecule has 126 valence electrons. The van der Waals surface area contributed by atoms with Crippen molar-refractivity contribution in [2.24, 2.45) is 0 Å². The lowest BCUT2D eigenvalue weighted by Crippen LogP contribution is -2.60. The van der Waals surface area contributed by atoms with E-state index in [-0.39, 0.29) is 6.42 Å². The van der Waals surface area contributed by atoms with Crippen LogP contribution in [-0.4, -0.2) is 34.6 Å². The Bertz CT molecular complexity index is 605. The Morgan fingerprint density at radius 3 is 2.52 bits per heavy atom. The highest BCUT2D eigenvalue weighted by atomic mass is 16.6. The highest BCUT2D eigenvalue weighted by molar-refractivity contribution is 5.84. The topological polar surface area (TPSA) is 69.7 Å². The second-order valence-electron chi connectivity index (χ2n) is 7.16. The third-order valence-electron chi connectivity index (χ3n) is 4.23. The highest BCUT2D eigenvalue weighted by Gasteiger charge is 2.46. The zero-order chi connectivity index (χ0) is 17.3. The largest absolute Gasteiger partial charge is 0.548 e. The fourth-order valence-corrected chi connectivity index (χ4v) is 3.05. The van der Waals surface area contributed by atoms with Gasteiger partial charge >= 0.3 is 6.09 Å². The number of ether oxygens (including phenoxy) is 1. The number of hydrogen-bond acceptors (Lipinski definition) is 4. The summed E-state index contributed by atoms with van der Waals surface area (Å²) in [6.07, 6.45) is 0.649. The lowest BCUT2D eigenvalue weighted by atomic mass is 9.86. The lowest BCUT2D eigenvalue weighted by molar-refractivity contribution is -0.317. The van der Waals surface area contributed by atoms with Crippen LogP contribution in [0.5, 0.6) is 0 Å². The van der Waals surface area contributed by atoms with Gasteiger partial charge in [-0.2, -0.15) is 0 Å². The summed E-state index contributed by atoms with van der Waals surface area (Å²) >= 11 is 0. The monoisotopic (exact) mass is 318 g/mol. The van der Waals surface area contributed by atoms with Gasteiger partial charge in [0.2, 0.25) is 0 Å². The summed E-state index contributed by atoms with van der Waals surface area (Å²) in [5.74, 6) is -1.22. The van der Waals surface area contributed by atoms with E-state index in [0.717, 1.165) is 11.1 Å². The van der Waals surface area contributed by atoms with Crippen molar-refractivity contribution in [2.45, 2.75) is 58.1 Å². The number of carboxylic acids is 1.